The molecule has 3 rings (SSSR count). The van der Waals surface area contributed by atoms with Crippen LogP contribution < -0.4 is 4.74 Å². The fourth-order valence-corrected chi connectivity index (χ4v) is 2.41. The van der Waals surface area contributed by atoms with Gasteiger partial charge in [-0.25, -0.2) is 4.79 Å². The van der Waals surface area contributed by atoms with Gasteiger partial charge in [-0.3, -0.25) is 0 Å². The van der Waals surface area contributed by atoms with Gasteiger partial charge in [-0.15, -0.1) is 0 Å². The van der Waals surface area contributed by atoms with E-state index in [2.05, 4.69) is 15.9 Å². The summed E-state index contributed by atoms with van der Waals surface area (Å²) in [7, 11) is 0. The summed E-state index contributed by atoms with van der Waals surface area (Å²) in [6, 6.07) is 14.7. The van der Waals surface area contributed by atoms with Crippen LogP contribution in [0.3, 0.4) is 0 Å². The van der Waals surface area contributed by atoms with E-state index in [-0.39, 0.29) is 5.76 Å². The molecule has 0 atom stereocenters. The van der Waals surface area contributed by atoms with Crippen LogP contribution in [0.5, 0.6) is 5.75 Å². The molecule has 0 radical (unpaired) electrons. The van der Waals surface area contributed by atoms with Gasteiger partial charge in [0, 0.05) is 0 Å². The second kappa shape index (κ2) is 4.90. The van der Waals surface area contributed by atoms with Gasteiger partial charge < -0.3 is 9.15 Å². The molecular formula is C15H9BrO3. The van der Waals surface area contributed by atoms with Crippen molar-refractivity contribution in [3.05, 3.63) is 65.0 Å². The van der Waals surface area contributed by atoms with Gasteiger partial charge in [0.15, 0.2) is 0 Å². The average Bonchev–Trinajstić information content (AvgIpc) is 2.96. The van der Waals surface area contributed by atoms with E-state index in [1.165, 1.54) is 6.26 Å². The smallest absolute Gasteiger partial charge is 0.379 e. The molecule has 0 amide bonds. The number of hydrogen-bond donors (Lipinski definition) is 0. The minimum Gasteiger partial charge on any atom is -0.457 e. The lowest BCUT2D eigenvalue weighted by Gasteiger charge is -2.07. The van der Waals surface area contributed by atoms with Crippen LogP contribution in [0.1, 0.15) is 10.6 Å². The van der Waals surface area contributed by atoms with Gasteiger partial charge in [0.2, 0.25) is 5.76 Å². The Kier molecular flexibility index (Phi) is 3.09. The number of furan rings is 1. The third kappa shape index (κ3) is 2.27. The van der Waals surface area contributed by atoms with Crippen molar-refractivity contribution in [2.24, 2.45) is 0 Å². The van der Waals surface area contributed by atoms with E-state index in [4.69, 9.17) is 9.15 Å². The van der Waals surface area contributed by atoms with Crippen molar-refractivity contribution in [2.45, 2.75) is 0 Å². The van der Waals surface area contributed by atoms with Gasteiger partial charge in [-0.2, -0.15) is 0 Å². The minimum atomic E-state index is -0.513. The summed E-state index contributed by atoms with van der Waals surface area (Å²) >= 11 is 3.47. The van der Waals surface area contributed by atoms with Crippen LogP contribution >= 0.6 is 15.9 Å². The van der Waals surface area contributed by atoms with Gasteiger partial charge in [-0.05, 0) is 44.9 Å². The Morgan fingerprint density at radius 3 is 2.68 bits per heavy atom. The highest BCUT2D eigenvalue weighted by atomic mass is 79.9. The summed E-state index contributed by atoms with van der Waals surface area (Å²) in [5.41, 5.74) is 0. The molecule has 4 heteroatoms. The van der Waals surface area contributed by atoms with Gasteiger partial charge in [0.25, 0.3) is 0 Å². The van der Waals surface area contributed by atoms with Crippen LogP contribution in [-0.2, 0) is 0 Å². The Labute approximate surface area is 117 Å². The van der Waals surface area contributed by atoms with E-state index in [0.29, 0.717) is 5.75 Å². The Balaban J connectivity index is 1.97. The molecule has 2 aromatic carbocycles. The van der Waals surface area contributed by atoms with E-state index in [1.54, 1.807) is 18.2 Å². The van der Waals surface area contributed by atoms with Crippen molar-refractivity contribution in [2.75, 3.05) is 0 Å². The van der Waals surface area contributed by atoms with E-state index < -0.39 is 5.97 Å². The largest absolute Gasteiger partial charge is 0.457 e. The third-order valence-electron chi connectivity index (χ3n) is 2.75. The number of carbonyl (C=O) groups excluding carboxylic acids is 1. The molecule has 0 spiro atoms. The van der Waals surface area contributed by atoms with Crippen LogP contribution in [0.15, 0.2) is 63.7 Å². The highest BCUT2D eigenvalue weighted by Gasteiger charge is 2.14. The molecule has 0 fully saturated rings. The minimum absolute atomic E-state index is 0.181. The molecule has 0 saturated heterocycles. The highest BCUT2D eigenvalue weighted by Crippen LogP contribution is 2.33. The number of carbonyl (C=O) groups is 1. The molecule has 0 aliphatic rings. The average molecular weight is 317 g/mol. The predicted octanol–water partition coefficient (Wildman–Crippen LogP) is 4.41. The third-order valence-corrected chi connectivity index (χ3v) is 3.57. The van der Waals surface area contributed by atoms with Crippen molar-refractivity contribution >= 4 is 32.7 Å². The van der Waals surface area contributed by atoms with Crippen LogP contribution in [0.4, 0.5) is 0 Å². The standard InChI is InChI=1S/C15H9BrO3/c16-14-11-5-2-1-4-10(11)7-8-12(14)19-15(17)13-6-3-9-18-13/h1-9H. The lowest BCUT2D eigenvalue weighted by molar-refractivity contribution is 0.0700. The zero-order chi connectivity index (χ0) is 13.2. The molecule has 19 heavy (non-hydrogen) atoms. The van der Waals surface area contributed by atoms with Gasteiger partial charge in [0.05, 0.1) is 10.7 Å². The summed E-state index contributed by atoms with van der Waals surface area (Å²) in [6.07, 6.45) is 1.44. The second-order valence-electron chi connectivity index (χ2n) is 3.97. The topological polar surface area (TPSA) is 39.4 Å². The summed E-state index contributed by atoms with van der Waals surface area (Å²) in [5, 5.41) is 2.07. The molecule has 0 saturated carbocycles. The molecule has 0 N–H and O–H groups in total. The Morgan fingerprint density at radius 2 is 1.89 bits per heavy atom. The Hall–Kier alpha value is -2.07. The summed E-state index contributed by atoms with van der Waals surface area (Å²) in [5.74, 6) is 0.140. The molecule has 1 heterocycles. The molecule has 0 unspecified atom stereocenters. The molecule has 3 nitrogen and oxygen atoms in total. The molecule has 1 aromatic heterocycles. The highest BCUT2D eigenvalue weighted by molar-refractivity contribution is 9.10. The summed E-state index contributed by atoms with van der Waals surface area (Å²) in [4.78, 5) is 11.8. The lowest BCUT2D eigenvalue weighted by atomic mass is 10.1. The molecule has 94 valence electrons. The monoisotopic (exact) mass is 316 g/mol. The van der Waals surface area contributed by atoms with E-state index in [9.17, 15) is 4.79 Å². The molecule has 0 aliphatic heterocycles. The molecule has 0 bridgehead atoms. The first-order valence-corrected chi connectivity index (χ1v) is 6.48. The maximum absolute atomic E-state index is 11.8. The number of halogens is 1. The van der Waals surface area contributed by atoms with Crippen LogP contribution in [0, 0.1) is 0 Å². The molecule has 3 aromatic rings. The van der Waals surface area contributed by atoms with Crippen LogP contribution in [-0.4, -0.2) is 5.97 Å². The van der Waals surface area contributed by atoms with Crippen molar-refractivity contribution in [3.8, 4) is 5.75 Å². The number of ether oxygens (including phenoxy) is 1. The van der Waals surface area contributed by atoms with Crippen LogP contribution in [0.2, 0.25) is 0 Å². The Bertz CT molecular complexity index is 732. The SMILES string of the molecule is O=C(Oc1ccc2ccccc2c1Br)c1ccco1. The van der Waals surface area contributed by atoms with Crippen molar-refractivity contribution < 1.29 is 13.9 Å². The summed E-state index contributed by atoms with van der Waals surface area (Å²) in [6.45, 7) is 0. The first-order chi connectivity index (χ1) is 9.25. The van der Waals surface area contributed by atoms with E-state index in [0.717, 1.165) is 15.2 Å². The van der Waals surface area contributed by atoms with Crippen molar-refractivity contribution in [1.29, 1.82) is 0 Å². The number of fused-ring (bicyclic) bond motifs is 1. The maximum Gasteiger partial charge on any atom is 0.379 e. The predicted molar refractivity (Wildman–Crippen MR) is 75.3 cm³/mol. The van der Waals surface area contributed by atoms with Crippen molar-refractivity contribution in [3.63, 3.8) is 0 Å². The van der Waals surface area contributed by atoms with E-state index in [1.807, 2.05) is 30.3 Å². The zero-order valence-corrected chi connectivity index (χ0v) is 11.4. The normalized spacial score (nSPS) is 10.6. The number of esters is 1. The first kappa shape index (κ1) is 12.0. The number of benzene rings is 2. The lowest BCUT2D eigenvalue weighted by Crippen LogP contribution is -2.07. The quantitative estimate of drug-likeness (QED) is 0.519. The second-order valence-corrected chi connectivity index (χ2v) is 4.76. The van der Waals surface area contributed by atoms with Crippen LogP contribution in [0.25, 0.3) is 10.8 Å². The zero-order valence-electron chi connectivity index (χ0n) is 9.80. The number of rotatable bonds is 2. The maximum atomic E-state index is 11.8. The van der Waals surface area contributed by atoms with Gasteiger partial charge in [-0.1, -0.05) is 30.3 Å². The number of hydrogen-bond acceptors (Lipinski definition) is 3. The summed E-state index contributed by atoms with van der Waals surface area (Å²) < 4.78 is 11.1. The molecular weight excluding hydrogens is 308 g/mol. The van der Waals surface area contributed by atoms with E-state index >= 15 is 0 Å². The first-order valence-electron chi connectivity index (χ1n) is 5.68. The fourth-order valence-electron chi connectivity index (χ4n) is 1.84. The molecule has 0 aliphatic carbocycles. The fraction of sp³-hybridized carbons (Fsp3) is 0. The van der Waals surface area contributed by atoms with Gasteiger partial charge in [0.1, 0.15) is 5.75 Å². The van der Waals surface area contributed by atoms with Crippen molar-refractivity contribution in [1.82, 2.24) is 0 Å². The van der Waals surface area contributed by atoms with Gasteiger partial charge >= 0.3 is 5.97 Å². The Morgan fingerprint density at radius 1 is 1.05 bits per heavy atom.